The second kappa shape index (κ2) is 3.65. The van der Waals surface area contributed by atoms with E-state index in [0.29, 0.717) is 18.2 Å². The number of aliphatic hydroxyl groups excluding tert-OH is 1. The van der Waals surface area contributed by atoms with Gasteiger partial charge in [0.15, 0.2) is 0 Å². The molecule has 1 unspecified atom stereocenters. The van der Waals surface area contributed by atoms with Gasteiger partial charge in [-0.25, -0.2) is 4.79 Å². The summed E-state index contributed by atoms with van der Waals surface area (Å²) in [5.41, 5.74) is 4.62. The van der Waals surface area contributed by atoms with Crippen LogP contribution >= 0.6 is 0 Å². The summed E-state index contributed by atoms with van der Waals surface area (Å²) in [6, 6.07) is 0. The van der Waals surface area contributed by atoms with Crippen molar-refractivity contribution in [3.63, 3.8) is 0 Å². The summed E-state index contributed by atoms with van der Waals surface area (Å²) >= 11 is 0. The van der Waals surface area contributed by atoms with Crippen LogP contribution in [0.2, 0.25) is 0 Å². The molecule has 8 heteroatoms. The third-order valence-electron chi connectivity index (χ3n) is 2.46. The zero-order valence-electron chi connectivity index (χ0n) is 8.73. The van der Waals surface area contributed by atoms with E-state index < -0.39 is 17.5 Å². The number of nitrogens with zero attached hydrogens (tertiary/aromatic N) is 2. The van der Waals surface area contributed by atoms with Crippen LogP contribution in [0.15, 0.2) is 9.59 Å². The average molecular weight is 227 g/mol. The first kappa shape index (κ1) is 10.7. The summed E-state index contributed by atoms with van der Waals surface area (Å²) in [6.45, 7) is 0.464. The molecule has 88 valence electrons. The van der Waals surface area contributed by atoms with Crippen LogP contribution in [0.1, 0.15) is 0 Å². The molecule has 0 saturated carbocycles. The maximum atomic E-state index is 11.6. The van der Waals surface area contributed by atoms with Gasteiger partial charge in [-0.05, 0) is 0 Å². The molecule has 1 atom stereocenters. The fraction of sp³-hybridized carbons (Fsp3) is 0.500. The highest BCUT2D eigenvalue weighted by atomic mass is 16.3. The highest BCUT2D eigenvalue weighted by Gasteiger charge is 2.25. The molecule has 0 radical (unpaired) electrons. The Morgan fingerprint density at radius 1 is 1.56 bits per heavy atom. The van der Waals surface area contributed by atoms with Crippen molar-refractivity contribution in [2.45, 2.75) is 6.23 Å². The third-order valence-corrected chi connectivity index (χ3v) is 2.46. The number of nitrogens with two attached hydrogens (primary N) is 1. The van der Waals surface area contributed by atoms with Gasteiger partial charge in [0.1, 0.15) is 17.7 Å². The van der Waals surface area contributed by atoms with Crippen molar-refractivity contribution in [1.29, 1.82) is 0 Å². The molecule has 5 N–H and O–H groups in total. The Kier molecular flexibility index (Phi) is 2.44. The zero-order valence-corrected chi connectivity index (χ0v) is 8.73. The minimum absolute atomic E-state index is 0.126. The molecule has 0 saturated heterocycles. The van der Waals surface area contributed by atoms with Crippen molar-refractivity contribution in [3.8, 4) is 0 Å². The summed E-state index contributed by atoms with van der Waals surface area (Å²) in [6.07, 6.45) is -1.04. The van der Waals surface area contributed by atoms with Gasteiger partial charge in [0.05, 0.1) is 13.2 Å². The fourth-order valence-corrected chi connectivity index (χ4v) is 1.73. The van der Waals surface area contributed by atoms with Gasteiger partial charge in [-0.3, -0.25) is 14.3 Å². The lowest BCUT2D eigenvalue weighted by atomic mass is 10.4. The second-order valence-electron chi connectivity index (χ2n) is 3.64. The van der Waals surface area contributed by atoms with E-state index >= 15 is 0 Å². The molecule has 0 bridgehead atoms. The van der Waals surface area contributed by atoms with Gasteiger partial charge in [-0.1, -0.05) is 0 Å². The first-order valence-corrected chi connectivity index (χ1v) is 4.76. The van der Waals surface area contributed by atoms with Crippen molar-refractivity contribution in [3.05, 3.63) is 20.8 Å². The van der Waals surface area contributed by atoms with Gasteiger partial charge in [0, 0.05) is 7.05 Å². The summed E-state index contributed by atoms with van der Waals surface area (Å²) in [4.78, 5) is 26.7. The summed E-state index contributed by atoms with van der Waals surface area (Å²) in [5.74, 6) is 0.439. The van der Waals surface area contributed by atoms with Gasteiger partial charge in [-0.2, -0.15) is 0 Å². The monoisotopic (exact) mass is 227 g/mol. The van der Waals surface area contributed by atoms with E-state index in [1.807, 2.05) is 0 Å². The number of hydrogen-bond acceptors (Lipinski definition) is 6. The van der Waals surface area contributed by atoms with Crippen molar-refractivity contribution >= 4 is 11.5 Å². The zero-order chi connectivity index (χ0) is 11.9. The molecular weight excluding hydrogens is 214 g/mol. The molecule has 1 aliphatic rings. The molecule has 0 amide bonds. The number of hydrogen-bond donors (Lipinski definition) is 4. The SMILES string of the molecule is Cn1c2c(c(=O)[nH]c1=O)N(CC(N)O)CN2. The molecule has 2 heterocycles. The summed E-state index contributed by atoms with van der Waals surface area (Å²) < 4.78 is 1.31. The van der Waals surface area contributed by atoms with Crippen molar-refractivity contribution in [2.24, 2.45) is 12.8 Å². The first-order chi connectivity index (χ1) is 7.50. The van der Waals surface area contributed by atoms with E-state index in [-0.39, 0.29) is 6.54 Å². The number of aliphatic hydroxyl groups is 1. The van der Waals surface area contributed by atoms with E-state index in [4.69, 9.17) is 10.8 Å². The smallest absolute Gasteiger partial charge is 0.329 e. The minimum Gasteiger partial charge on any atom is -0.377 e. The van der Waals surface area contributed by atoms with Crippen LogP contribution in [0.25, 0.3) is 0 Å². The van der Waals surface area contributed by atoms with Gasteiger partial charge in [0.2, 0.25) is 0 Å². The largest absolute Gasteiger partial charge is 0.377 e. The first-order valence-electron chi connectivity index (χ1n) is 4.76. The van der Waals surface area contributed by atoms with Gasteiger partial charge in [0.25, 0.3) is 5.56 Å². The lowest BCUT2D eigenvalue weighted by molar-refractivity contribution is 0.188. The Morgan fingerprint density at radius 2 is 2.25 bits per heavy atom. The third kappa shape index (κ3) is 1.57. The Bertz CT molecular complexity index is 517. The highest BCUT2D eigenvalue weighted by Crippen LogP contribution is 2.24. The minimum atomic E-state index is -1.04. The van der Waals surface area contributed by atoms with Crippen LogP contribution in [0, 0.1) is 0 Å². The molecule has 16 heavy (non-hydrogen) atoms. The van der Waals surface area contributed by atoms with Crippen LogP contribution in [-0.4, -0.2) is 34.1 Å². The van der Waals surface area contributed by atoms with Crippen LogP contribution in [0.4, 0.5) is 11.5 Å². The molecule has 0 fully saturated rings. The topological polar surface area (TPSA) is 116 Å². The maximum absolute atomic E-state index is 11.6. The molecule has 1 aliphatic heterocycles. The molecule has 1 aromatic heterocycles. The van der Waals surface area contributed by atoms with E-state index in [0.717, 1.165) is 0 Å². The number of rotatable bonds is 2. The quantitative estimate of drug-likeness (QED) is 0.416. The van der Waals surface area contributed by atoms with E-state index in [9.17, 15) is 9.59 Å². The lowest BCUT2D eigenvalue weighted by Crippen LogP contribution is -2.39. The fourth-order valence-electron chi connectivity index (χ4n) is 1.73. The molecule has 1 aromatic rings. The van der Waals surface area contributed by atoms with Crippen molar-refractivity contribution < 1.29 is 5.11 Å². The van der Waals surface area contributed by atoms with Crippen LogP contribution in [0.5, 0.6) is 0 Å². The van der Waals surface area contributed by atoms with E-state index in [1.54, 1.807) is 11.9 Å². The number of aromatic amines is 1. The lowest BCUT2D eigenvalue weighted by Gasteiger charge is -2.18. The van der Waals surface area contributed by atoms with Crippen LogP contribution in [0.3, 0.4) is 0 Å². The number of H-pyrrole nitrogens is 1. The van der Waals surface area contributed by atoms with Gasteiger partial charge >= 0.3 is 5.69 Å². The number of fused-ring (bicyclic) bond motifs is 1. The summed E-state index contributed by atoms with van der Waals surface area (Å²) in [5, 5.41) is 12.0. The van der Waals surface area contributed by atoms with E-state index in [1.165, 1.54) is 4.57 Å². The Labute approximate surface area is 90.3 Å². The van der Waals surface area contributed by atoms with Crippen LogP contribution < -0.4 is 27.2 Å². The Balaban J connectivity index is 2.51. The van der Waals surface area contributed by atoms with Gasteiger partial charge in [-0.15, -0.1) is 0 Å². The molecule has 0 spiro atoms. The Hall–Kier alpha value is -1.80. The predicted octanol–water partition coefficient (Wildman–Crippen LogP) is -2.46. The molecule has 8 nitrogen and oxygen atoms in total. The van der Waals surface area contributed by atoms with E-state index in [2.05, 4.69) is 10.3 Å². The molecule has 0 aliphatic carbocycles. The number of anilines is 2. The Morgan fingerprint density at radius 3 is 2.88 bits per heavy atom. The number of nitrogens with one attached hydrogen (secondary N) is 2. The normalized spacial score (nSPS) is 15.8. The second-order valence-corrected chi connectivity index (χ2v) is 3.64. The number of β-amino-alcohol motifs (C(OH)–C–C–N with tert-alkyl or cyclic N) is 1. The molecular formula is C8H13N5O3. The maximum Gasteiger partial charge on any atom is 0.329 e. The van der Waals surface area contributed by atoms with Gasteiger partial charge < -0.3 is 21.1 Å². The van der Waals surface area contributed by atoms with Crippen LogP contribution in [-0.2, 0) is 7.05 Å². The predicted molar refractivity (Wildman–Crippen MR) is 58.3 cm³/mol. The molecule has 2 rings (SSSR count). The van der Waals surface area contributed by atoms with Crippen molar-refractivity contribution in [2.75, 3.05) is 23.4 Å². The standard InChI is InChI=1S/C8H13N5O3/c1-12-6-5(7(15)11-8(12)16)13(3-10-6)2-4(9)14/h4,10,14H,2-3,9H2,1H3,(H,11,15,16). The highest BCUT2D eigenvalue weighted by molar-refractivity contribution is 5.70. The number of aromatic nitrogens is 2. The summed E-state index contributed by atoms with van der Waals surface area (Å²) in [7, 11) is 1.55. The molecule has 0 aromatic carbocycles. The average Bonchev–Trinajstić information content (AvgIpc) is 2.58. The van der Waals surface area contributed by atoms with Crippen molar-refractivity contribution in [1.82, 2.24) is 9.55 Å².